The van der Waals surface area contributed by atoms with Crippen LogP contribution in [0.1, 0.15) is 43.1 Å². The van der Waals surface area contributed by atoms with Crippen LogP contribution >= 0.6 is 11.3 Å². The Morgan fingerprint density at radius 2 is 2.21 bits per heavy atom. The second kappa shape index (κ2) is 8.29. The fourth-order valence-corrected chi connectivity index (χ4v) is 4.17. The summed E-state index contributed by atoms with van der Waals surface area (Å²) in [7, 11) is 0. The molecule has 2 atom stereocenters. The summed E-state index contributed by atoms with van der Waals surface area (Å²) >= 11 is 1.52. The van der Waals surface area contributed by atoms with E-state index in [4.69, 9.17) is 4.74 Å². The summed E-state index contributed by atoms with van der Waals surface area (Å²) in [5, 5.41) is 25.0. The molecule has 1 saturated carbocycles. The van der Waals surface area contributed by atoms with Crippen molar-refractivity contribution >= 4 is 17.4 Å². The van der Waals surface area contributed by atoms with Gasteiger partial charge in [-0.2, -0.15) is 0 Å². The number of urea groups is 1. The van der Waals surface area contributed by atoms with Crippen molar-refractivity contribution in [1.29, 1.82) is 0 Å². The average Bonchev–Trinajstić information content (AvgIpc) is 3.12. The Morgan fingerprint density at radius 1 is 1.42 bits per heavy atom. The molecule has 2 aliphatic rings. The summed E-state index contributed by atoms with van der Waals surface area (Å²) in [6.07, 6.45) is 2.81. The molecular formula is C17H26N2O4S. The molecule has 1 aliphatic carbocycles. The van der Waals surface area contributed by atoms with Gasteiger partial charge in [-0.3, -0.25) is 0 Å². The summed E-state index contributed by atoms with van der Waals surface area (Å²) in [6, 6.07) is 3.76. The van der Waals surface area contributed by atoms with Gasteiger partial charge in [-0.1, -0.05) is 6.07 Å². The highest BCUT2D eigenvalue weighted by molar-refractivity contribution is 7.10. The van der Waals surface area contributed by atoms with Crippen molar-refractivity contribution in [2.45, 2.75) is 56.4 Å². The van der Waals surface area contributed by atoms with Crippen molar-refractivity contribution in [3.05, 3.63) is 22.4 Å². The maximum atomic E-state index is 12.6. The van der Waals surface area contributed by atoms with E-state index in [2.05, 4.69) is 5.32 Å². The van der Waals surface area contributed by atoms with Gasteiger partial charge in [-0.25, -0.2) is 4.79 Å². The van der Waals surface area contributed by atoms with Crippen LogP contribution in [0, 0.1) is 0 Å². The van der Waals surface area contributed by atoms with Gasteiger partial charge in [0.2, 0.25) is 0 Å². The van der Waals surface area contributed by atoms with Crippen LogP contribution in [0.5, 0.6) is 0 Å². The van der Waals surface area contributed by atoms with E-state index in [1.54, 1.807) is 4.90 Å². The number of ether oxygens (including phenoxy) is 1. The lowest BCUT2D eigenvalue weighted by molar-refractivity contribution is -0.00751. The van der Waals surface area contributed by atoms with Gasteiger partial charge in [-0.15, -0.1) is 11.3 Å². The fraction of sp³-hybridized carbons (Fsp3) is 0.706. The Hall–Kier alpha value is -1.15. The molecule has 2 unspecified atom stereocenters. The van der Waals surface area contributed by atoms with Crippen molar-refractivity contribution in [3.63, 3.8) is 0 Å². The maximum Gasteiger partial charge on any atom is 0.318 e. The SMILES string of the molecule is O=C(NC1CCC(O)CC1)N1CCOCC1CC(O)c1cccs1. The predicted molar refractivity (Wildman–Crippen MR) is 92.0 cm³/mol. The fourth-order valence-electron chi connectivity index (χ4n) is 3.45. The lowest BCUT2D eigenvalue weighted by Crippen LogP contribution is -2.55. The number of nitrogens with one attached hydrogen (secondary N) is 1. The third-order valence-electron chi connectivity index (χ3n) is 4.88. The summed E-state index contributed by atoms with van der Waals surface area (Å²) < 4.78 is 5.52. The van der Waals surface area contributed by atoms with E-state index in [0.29, 0.717) is 26.2 Å². The van der Waals surface area contributed by atoms with Gasteiger partial charge in [0.1, 0.15) is 0 Å². The molecule has 0 radical (unpaired) electrons. The third-order valence-corrected chi connectivity index (χ3v) is 5.85. The van der Waals surface area contributed by atoms with Gasteiger partial charge in [0, 0.05) is 23.9 Å². The molecular weight excluding hydrogens is 328 g/mol. The molecule has 2 fully saturated rings. The zero-order valence-corrected chi connectivity index (χ0v) is 14.6. The van der Waals surface area contributed by atoms with Crippen LogP contribution in [0.3, 0.4) is 0 Å². The first-order valence-corrected chi connectivity index (χ1v) is 9.56. The smallest absolute Gasteiger partial charge is 0.318 e. The average molecular weight is 354 g/mol. The minimum Gasteiger partial charge on any atom is -0.393 e. The minimum atomic E-state index is -0.572. The molecule has 7 heteroatoms. The van der Waals surface area contributed by atoms with Crippen LogP contribution < -0.4 is 5.32 Å². The Kier molecular flexibility index (Phi) is 6.10. The molecule has 3 N–H and O–H groups in total. The molecule has 24 heavy (non-hydrogen) atoms. The second-order valence-corrected chi connectivity index (χ2v) is 7.62. The van der Waals surface area contributed by atoms with E-state index >= 15 is 0 Å². The Labute approximate surface area is 146 Å². The molecule has 1 aliphatic heterocycles. The minimum absolute atomic E-state index is 0.0805. The molecule has 1 aromatic rings. The highest BCUT2D eigenvalue weighted by Crippen LogP contribution is 2.26. The lowest BCUT2D eigenvalue weighted by Gasteiger charge is -2.38. The largest absolute Gasteiger partial charge is 0.393 e. The number of amides is 2. The van der Waals surface area contributed by atoms with Crippen molar-refractivity contribution in [2.24, 2.45) is 0 Å². The zero-order valence-electron chi connectivity index (χ0n) is 13.8. The number of hydrogen-bond acceptors (Lipinski definition) is 5. The molecule has 1 aromatic heterocycles. The first kappa shape index (κ1) is 17.7. The molecule has 134 valence electrons. The van der Waals surface area contributed by atoms with Gasteiger partial charge in [0.05, 0.1) is 31.5 Å². The first-order chi connectivity index (χ1) is 11.6. The summed E-state index contributed by atoms with van der Waals surface area (Å²) in [5.74, 6) is 0. The van der Waals surface area contributed by atoms with E-state index in [1.807, 2.05) is 17.5 Å². The van der Waals surface area contributed by atoms with Gasteiger partial charge < -0.3 is 25.2 Å². The van der Waals surface area contributed by atoms with E-state index in [9.17, 15) is 15.0 Å². The van der Waals surface area contributed by atoms with E-state index in [1.165, 1.54) is 11.3 Å². The van der Waals surface area contributed by atoms with Gasteiger partial charge >= 0.3 is 6.03 Å². The highest BCUT2D eigenvalue weighted by Gasteiger charge is 2.31. The number of aliphatic hydroxyl groups excluding tert-OH is 2. The van der Waals surface area contributed by atoms with Crippen molar-refractivity contribution in [1.82, 2.24) is 10.2 Å². The number of morpholine rings is 1. The van der Waals surface area contributed by atoms with Crippen molar-refractivity contribution < 1.29 is 19.7 Å². The zero-order chi connectivity index (χ0) is 16.9. The number of rotatable bonds is 4. The summed E-state index contributed by atoms with van der Waals surface area (Å²) in [4.78, 5) is 15.4. The Morgan fingerprint density at radius 3 is 2.92 bits per heavy atom. The molecule has 0 bridgehead atoms. The van der Waals surface area contributed by atoms with Crippen LogP contribution in [0.4, 0.5) is 4.79 Å². The van der Waals surface area contributed by atoms with E-state index in [-0.39, 0.29) is 24.2 Å². The number of carbonyl (C=O) groups excluding carboxylic acids is 1. The molecule has 2 amide bonds. The number of hydrogen-bond donors (Lipinski definition) is 3. The van der Waals surface area contributed by atoms with Gasteiger partial charge in [-0.05, 0) is 37.1 Å². The molecule has 0 aromatic carbocycles. The lowest BCUT2D eigenvalue weighted by atomic mass is 9.93. The summed E-state index contributed by atoms with van der Waals surface area (Å²) in [6.45, 7) is 1.53. The first-order valence-electron chi connectivity index (χ1n) is 8.68. The third kappa shape index (κ3) is 4.47. The molecule has 0 spiro atoms. The highest BCUT2D eigenvalue weighted by atomic mass is 32.1. The Bertz CT molecular complexity index is 517. The quantitative estimate of drug-likeness (QED) is 0.771. The molecule has 1 saturated heterocycles. The van der Waals surface area contributed by atoms with Crippen LogP contribution in [-0.2, 0) is 4.74 Å². The van der Waals surface area contributed by atoms with Gasteiger partial charge in [0.15, 0.2) is 0 Å². The maximum absolute atomic E-state index is 12.6. The number of carbonyl (C=O) groups is 1. The standard InChI is InChI=1S/C17H26N2O4S/c20-14-5-3-12(4-6-14)18-17(22)19-7-8-23-11-13(19)10-15(21)16-2-1-9-24-16/h1-2,9,12-15,20-21H,3-8,10-11H2,(H,18,22). The monoisotopic (exact) mass is 354 g/mol. The second-order valence-electron chi connectivity index (χ2n) is 6.64. The normalized spacial score (nSPS) is 29.2. The summed E-state index contributed by atoms with van der Waals surface area (Å²) in [5.41, 5.74) is 0. The molecule has 2 heterocycles. The van der Waals surface area contributed by atoms with E-state index < -0.39 is 6.10 Å². The number of nitrogens with zero attached hydrogens (tertiary/aromatic N) is 1. The van der Waals surface area contributed by atoms with Crippen LogP contribution in [-0.4, -0.2) is 59.1 Å². The van der Waals surface area contributed by atoms with Crippen LogP contribution in [0.15, 0.2) is 17.5 Å². The van der Waals surface area contributed by atoms with Gasteiger partial charge in [0.25, 0.3) is 0 Å². The number of aliphatic hydroxyl groups is 2. The van der Waals surface area contributed by atoms with Crippen LogP contribution in [0.2, 0.25) is 0 Å². The molecule has 3 rings (SSSR count). The predicted octanol–water partition coefficient (Wildman–Crippen LogP) is 1.89. The molecule has 6 nitrogen and oxygen atoms in total. The van der Waals surface area contributed by atoms with Crippen molar-refractivity contribution in [2.75, 3.05) is 19.8 Å². The topological polar surface area (TPSA) is 82.0 Å². The van der Waals surface area contributed by atoms with Crippen LogP contribution in [0.25, 0.3) is 0 Å². The number of thiophene rings is 1. The van der Waals surface area contributed by atoms with Crippen molar-refractivity contribution in [3.8, 4) is 0 Å². The van der Waals surface area contributed by atoms with E-state index in [0.717, 1.165) is 30.6 Å². The Balaban J connectivity index is 1.56.